The van der Waals surface area contributed by atoms with Crippen LogP contribution in [-0.4, -0.2) is 29.9 Å². The molecule has 2 N–H and O–H groups in total. The Morgan fingerprint density at radius 3 is 2.69 bits per heavy atom. The molecule has 1 atom stereocenters. The maximum absolute atomic E-state index is 12.4. The second-order valence-corrected chi connectivity index (χ2v) is 6.20. The minimum Gasteiger partial charge on any atom is -0.340 e. The average molecular weight is 348 g/mol. The normalized spacial score (nSPS) is 14.6. The van der Waals surface area contributed by atoms with Crippen LogP contribution in [0.3, 0.4) is 0 Å². The zero-order valence-corrected chi connectivity index (χ0v) is 14.3. The number of nitrogens with one attached hydrogen (secondary N) is 2. The van der Waals surface area contributed by atoms with E-state index in [1.54, 1.807) is 29.2 Å². The van der Waals surface area contributed by atoms with E-state index in [2.05, 4.69) is 10.6 Å². The lowest BCUT2D eigenvalue weighted by Gasteiger charge is -2.25. The van der Waals surface area contributed by atoms with Crippen molar-refractivity contribution in [2.75, 3.05) is 18.4 Å². The van der Waals surface area contributed by atoms with Crippen LogP contribution < -0.4 is 10.6 Å². The first kappa shape index (κ1) is 17.5. The summed E-state index contributed by atoms with van der Waals surface area (Å²) in [7, 11) is 0. The smallest absolute Gasteiger partial charge is 0.319 e. The third kappa shape index (κ3) is 4.39. The third-order valence-corrected chi connectivity index (χ3v) is 4.33. The summed E-state index contributed by atoms with van der Waals surface area (Å²) in [5.74, 6) is 0.120. The monoisotopic (exact) mass is 348 g/mol. The van der Waals surface area contributed by atoms with Gasteiger partial charge in [-0.25, -0.2) is 4.79 Å². The summed E-state index contributed by atoms with van der Waals surface area (Å²) >= 11 is 0. The van der Waals surface area contributed by atoms with Crippen molar-refractivity contribution in [1.29, 1.82) is 5.26 Å². The van der Waals surface area contributed by atoms with Crippen LogP contribution in [0.4, 0.5) is 10.5 Å². The molecule has 1 heterocycles. The maximum Gasteiger partial charge on any atom is 0.319 e. The van der Waals surface area contributed by atoms with Crippen LogP contribution in [0.15, 0.2) is 54.6 Å². The summed E-state index contributed by atoms with van der Waals surface area (Å²) in [6.45, 7) is 1.16. The lowest BCUT2D eigenvalue weighted by Crippen LogP contribution is -2.40. The van der Waals surface area contributed by atoms with Gasteiger partial charge in [0.15, 0.2) is 0 Å². The number of benzene rings is 2. The maximum atomic E-state index is 12.4. The van der Waals surface area contributed by atoms with Crippen LogP contribution in [0.5, 0.6) is 0 Å². The average Bonchev–Trinajstić information content (AvgIpc) is 3.06. The number of hydrogen-bond donors (Lipinski definition) is 2. The lowest BCUT2D eigenvalue weighted by molar-refractivity contribution is -0.128. The summed E-state index contributed by atoms with van der Waals surface area (Å²) < 4.78 is 0. The molecule has 6 nitrogen and oxygen atoms in total. The van der Waals surface area contributed by atoms with Crippen LogP contribution in [0.25, 0.3) is 0 Å². The number of hydrogen-bond acceptors (Lipinski definition) is 3. The molecule has 6 heteroatoms. The molecule has 1 fully saturated rings. The Hall–Kier alpha value is -3.33. The Labute approximate surface area is 152 Å². The number of carbonyl (C=O) groups is 2. The van der Waals surface area contributed by atoms with Gasteiger partial charge in [0.05, 0.1) is 17.7 Å². The lowest BCUT2D eigenvalue weighted by atomic mass is 10.1. The first-order valence-corrected chi connectivity index (χ1v) is 8.56. The van der Waals surface area contributed by atoms with Gasteiger partial charge in [0.1, 0.15) is 0 Å². The van der Waals surface area contributed by atoms with E-state index in [0.29, 0.717) is 24.2 Å². The SMILES string of the molecule is N#Cc1cccc(NC(=O)NC(CN2CCCC2=O)c2ccccc2)c1. The molecule has 0 aliphatic carbocycles. The fourth-order valence-corrected chi connectivity index (χ4v) is 3.03. The molecule has 0 radical (unpaired) electrons. The molecule has 2 aromatic carbocycles. The predicted octanol–water partition coefficient (Wildman–Crippen LogP) is 3.04. The summed E-state index contributed by atoms with van der Waals surface area (Å²) in [6.07, 6.45) is 1.42. The number of rotatable bonds is 5. The van der Waals surface area contributed by atoms with Gasteiger partial charge in [0.25, 0.3) is 0 Å². The first-order chi connectivity index (χ1) is 12.7. The zero-order valence-electron chi connectivity index (χ0n) is 14.3. The predicted molar refractivity (Wildman–Crippen MR) is 98.3 cm³/mol. The molecular weight excluding hydrogens is 328 g/mol. The molecule has 0 bridgehead atoms. The van der Waals surface area contributed by atoms with E-state index in [-0.39, 0.29) is 18.0 Å². The Morgan fingerprint density at radius 2 is 2.00 bits per heavy atom. The van der Waals surface area contributed by atoms with Gasteiger partial charge >= 0.3 is 6.03 Å². The fourth-order valence-electron chi connectivity index (χ4n) is 3.03. The van der Waals surface area contributed by atoms with E-state index in [0.717, 1.165) is 18.5 Å². The van der Waals surface area contributed by atoms with Gasteiger partial charge in [-0.05, 0) is 30.2 Å². The number of anilines is 1. The zero-order chi connectivity index (χ0) is 18.4. The van der Waals surface area contributed by atoms with Crippen LogP contribution in [0, 0.1) is 11.3 Å². The molecule has 132 valence electrons. The van der Waals surface area contributed by atoms with E-state index in [1.165, 1.54) is 0 Å². The molecule has 2 aromatic rings. The highest BCUT2D eigenvalue weighted by atomic mass is 16.2. The molecule has 1 aliphatic rings. The molecule has 3 rings (SSSR count). The Balaban J connectivity index is 1.71. The molecule has 0 aromatic heterocycles. The summed E-state index contributed by atoms with van der Waals surface area (Å²) in [5, 5.41) is 14.6. The van der Waals surface area contributed by atoms with E-state index in [4.69, 9.17) is 5.26 Å². The molecule has 0 saturated carbocycles. The van der Waals surface area contributed by atoms with E-state index < -0.39 is 0 Å². The molecular formula is C20H20N4O2. The second kappa shape index (κ2) is 8.17. The largest absolute Gasteiger partial charge is 0.340 e. The standard InChI is InChI=1S/C20H20N4O2/c21-13-15-6-4-9-17(12-15)22-20(26)23-18(16-7-2-1-3-8-16)14-24-11-5-10-19(24)25/h1-4,6-9,12,18H,5,10-11,14H2,(H2,22,23,26). The second-order valence-electron chi connectivity index (χ2n) is 6.20. The number of urea groups is 1. The first-order valence-electron chi connectivity index (χ1n) is 8.56. The van der Waals surface area contributed by atoms with Crippen molar-refractivity contribution in [2.45, 2.75) is 18.9 Å². The van der Waals surface area contributed by atoms with Crippen molar-refractivity contribution in [3.05, 3.63) is 65.7 Å². The van der Waals surface area contributed by atoms with E-state index in [1.807, 2.05) is 36.4 Å². The van der Waals surface area contributed by atoms with Crippen LogP contribution >= 0.6 is 0 Å². The van der Waals surface area contributed by atoms with Crippen molar-refractivity contribution in [1.82, 2.24) is 10.2 Å². The van der Waals surface area contributed by atoms with Gasteiger partial charge in [-0.1, -0.05) is 36.4 Å². The molecule has 3 amide bonds. The highest BCUT2D eigenvalue weighted by Crippen LogP contribution is 2.19. The Kier molecular flexibility index (Phi) is 5.49. The summed E-state index contributed by atoms with van der Waals surface area (Å²) in [4.78, 5) is 26.2. The van der Waals surface area contributed by atoms with E-state index in [9.17, 15) is 9.59 Å². The van der Waals surface area contributed by atoms with Gasteiger partial charge in [0.2, 0.25) is 5.91 Å². The van der Waals surface area contributed by atoms with Gasteiger partial charge in [-0.3, -0.25) is 4.79 Å². The van der Waals surface area contributed by atoms with Crippen molar-refractivity contribution in [3.8, 4) is 6.07 Å². The van der Waals surface area contributed by atoms with Crippen molar-refractivity contribution in [2.24, 2.45) is 0 Å². The highest BCUT2D eigenvalue weighted by molar-refractivity contribution is 5.89. The number of carbonyl (C=O) groups excluding carboxylic acids is 2. The van der Waals surface area contributed by atoms with Crippen LogP contribution in [-0.2, 0) is 4.79 Å². The van der Waals surface area contributed by atoms with Crippen LogP contribution in [0.2, 0.25) is 0 Å². The Bertz CT molecular complexity index is 829. The van der Waals surface area contributed by atoms with Gasteiger partial charge in [-0.15, -0.1) is 0 Å². The summed E-state index contributed by atoms with van der Waals surface area (Å²) in [6, 6.07) is 17.7. The molecule has 1 aliphatic heterocycles. The van der Waals surface area contributed by atoms with E-state index >= 15 is 0 Å². The van der Waals surface area contributed by atoms with Crippen LogP contribution in [0.1, 0.15) is 30.0 Å². The minimum atomic E-state index is -0.374. The molecule has 0 spiro atoms. The van der Waals surface area contributed by atoms with Crippen molar-refractivity contribution < 1.29 is 9.59 Å². The Morgan fingerprint density at radius 1 is 1.19 bits per heavy atom. The molecule has 26 heavy (non-hydrogen) atoms. The highest BCUT2D eigenvalue weighted by Gasteiger charge is 2.25. The quantitative estimate of drug-likeness (QED) is 0.871. The number of nitriles is 1. The van der Waals surface area contributed by atoms with Crippen molar-refractivity contribution >= 4 is 17.6 Å². The summed E-state index contributed by atoms with van der Waals surface area (Å²) in [5.41, 5.74) is 1.96. The topological polar surface area (TPSA) is 85.2 Å². The van der Waals surface area contributed by atoms with Crippen molar-refractivity contribution in [3.63, 3.8) is 0 Å². The number of nitrogens with zero attached hydrogens (tertiary/aromatic N) is 2. The minimum absolute atomic E-state index is 0.120. The number of likely N-dealkylation sites (tertiary alicyclic amines) is 1. The van der Waals surface area contributed by atoms with Gasteiger partial charge in [0, 0.05) is 25.2 Å². The molecule has 1 unspecified atom stereocenters. The third-order valence-electron chi connectivity index (χ3n) is 4.33. The molecule has 1 saturated heterocycles. The van der Waals surface area contributed by atoms with Gasteiger partial charge < -0.3 is 15.5 Å². The van der Waals surface area contributed by atoms with Gasteiger partial charge in [-0.2, -0.15) is 5.26 Å². The fraction of sp³-hybridized carbons (Fsp3) is 0.250. The number of amides is 3.